The van der Waals surface area contributed by atoms with Crippen molar-refractivity contribution < 1.29 is 14.3 Å². The summed E-state index contributed by atoms with van der Waals surface area (Å²) in [6, 6.07) is 1.41. The summed E-state index contributed by atoms with van der Waals surface area (Å²) in [4.78, 5) is 28.1. The largest absolute Gasteiger partial charge is 0.477 e. The molecule has 2 aliphatic rings. The third kappa shape index (κ3) is 2.44. The zero-order chi connectivity index (χ0) is 19.6. The van der Waals surface area contributed by atoms with Crippen molar-refractivity contribution in [1.82, 2.24) is 19.3 Å². The van der Waals surface area contributed by atoms with Crippen LogP contribution in [-0.4, -0.2) is 30.4 Å². The minimum Gasteiger partial charge on any atom is -0.477 e. The summed E-state index contributed by atoms with van der Waals surface area (Å²) in [6.07, 6.45) is 6.68. The molecular formula is C20H20N4O4. The predicted octanol–water partition coefficient (Wildman–Crippen LogP) is 3.15. The first-order valence-electron chi connectivity index (χ1n) is 9.45. The van der Waals surface area contributed by atoms with E-state index in [0.717, 1.165) is 29.8 Å². The van der Waals surface area contributed by atoms with Crippen LogP contribution in [0.25, 0.3) is 22.7 Å². The molecule has 5 rings (SSSR count). The van der Waals surface area contributed by atoms with Gasteiger partial charge in [-0.25, -0.2) is 9.78 Å². The first kappa shape index (κ1) is 17.0. The second kappa shape index (κ2) is 5.92. The van der Waals surface area contributed by atoms with Gasteiger partial charge in [-0.05, 0) is 18.8 Å². The van der Waals surface area contributed by atoms with E-state index in [0.29, 0.717) is 23.9 Å². The van der Waals surface area contributed by atoms with Crippen LogP contribution >= 0.6 is 0 Å². The van der Waals surface area contributed by atoms with Gasteiger partial charge in [0.2, 0.25) is 0 Å². The second-order valence-electron chi connectivity index (χ2n) is 7.89. The molecule has 1 aliphatic carbocycles. The number of carboxylic acids is 1. The molecule has 0 saturated heterocycles. The van der Waals surface area contributed by atoms with E-state index in [2.05, 4.69) is 18.8 Å². The molecule has 0 radical (unpaired) electrons. The van der Waals surface area contributed by atoms with Crippen molar-refractivity contribution in [1.29, 1.82) is 0 Å². The van der Waals surface area contributed by atoms with Gasteiger partial charge in [-0.15, -0.1) is 0 Å². The Hall–Kier alpha value is -3.16. The Labute approximate surface area is 160 Å². The normalized spacial score (nSPS) is 18.2. The molecule has 1 N–H and O–H groups in total. The third-order valence-corrected chi connectivity index (χ3v) is 5.66. The van der Waals surface area contributed by atoms with Gasteiger partial charge >= 0.3 is 5.97 Å². The highest BCUT2D eigenvalue weighted by atomic mass is 16.4. The Kier molecular flexibility index (Phi) is 3.59. The molecule has 0 aromatic carbocycles. The van der Waals surface area contributed by atoms with Gasteiger partial charge in [0.1, 0.15) is 5.56 Å². The SMILES string of the molecule is CC(C)[C@@H]1Cn2nc(C3CC3)c(-c3cnco3)c2-c2cc(=O)c(C(=O)O)cn21. The van der Waals surface area contributed by atoms with E-state index in [4.69, 9.17) is 9.52 Å². The molecule has 0 amide bonds. The summed E-state index contributed by atoms with van der Waals surface area (Å²) < 4.78 is 9.47. The number of rotatable bonds is 4. The van der Waals surface area contributed by atoms with Crippen molar-refractivity contribution in [2.75, 3.05) is 0 Å². The van der Waals surface area contributed by atoms with E-state index in [1.807, 2.05) is 9.25 Å². The van der Waals surface area contributed by atoms with Crippen LogP contribution in [0.3, 0.4) is 0 Å². The van der Waals surface area contributed by atoms with Crippen molar-refractivity contribution >= 4 is 5.97 Å². The Morgan fingerprint density at radius 3 is 2.75 bits per heavy atom. The lowest BCUT2D eigenvalue weighted by Gasteiger charge is -2.32. The number of aromatic carboxylic acids is 1. The third-order valence-electron chi connectivity index (χ3n) is 5.66. The number of hydrogen-bond acceptors (Lipinski definition) is 5. The number of carboxylic acid groups (broad SMARTS) is 1. The number of aromatic nitrogens is 4. The minimum atomic E-state index is -1.21. The number of fused-ring (bicyclic) bond motifs is 3. The lowest BCUT2D eigenvalue weighted by Crippen LogP contribution is -2.31. The standard InChI is InChI=1S/C20H20N4O4/c1-10(2)14-8-24-19(13-5-15(25)12(20(26)27)7-23(13)14)17(16-6-21-9-28-16)18(22-24)11-3-4-11/h5-7,9-11,14H,3-4,8H2,1-2H3,(H,26,27)/t14-/m0/s1. The van der Waals surface area contributed by atoms with Crippen LogP contribution in [0.4, 0.5) is 0 Å². The minimum absolute atomic E-state index is 0.00395. The summed E-state index contributed by atoms with van der Waals surface area (Å²) in [6.45, 7) is 4.77. The first-order valence-corrected chi connectivity index (χ1v) is 9.45. The number of nitrogens with zero attached hydrogens (tertiary/aromatic N) is 4. The molecular weight excluding hydrogens is 360 g/mol. The quantitative estimate of drug-likeness (QED) is 0.746. The number of pyridine rings is 1. The van der Waals surface area contributed by atoms with Crippen LogP contribution in [0, 0.1) is 5.92 Å². The van der Waals surface area contributed by atoms with Crippen LogP contribution in [-0.2, 0) is 6.54 Å². The van der Waals surface area contributed by atoms with Crippen molar-refractivity contribution in [3.63, 3.8) is 0 Å². The second-order valence-corrected chi connectivity index (χ2v) is 7.89. The Bertz CT molecular complexity index is 1140. The van der Waals surface area contributed by atoms with E-state index >= 15 is 0 Å². The maximum absolute atomic E-state index is 12.5. The summed E-state index contributed by atoms with van der Waals surface area (Å²) in [5.74, 6) is 0.0241. The molecule has 8 nitrogen and oxygen atoms in total. The number of hydrogen-bond donors (Lipinski definition) is 1. The maximum Gasteiger partial charge on any atom is 0.341 e. The van der Waals surface area contributed by atoms with Gasteiger partial charge in [-0.1, -0.05) is 13.8 Å². The van der Waals surface area contributed by atoms with E-state index in [1.54, 1.807) is 6.20 Å². The highest BCUT2D eigenvalue weighted by molar-refractivity contribution is 5.88. The van der Waals surface area contributed by atoms with Crippen molar-refractivity contribution in [3.05, 3.63) is 46.3 Å². The maximum atomic E-state index is 12.5. The number of carbonyl (C=O) groups is 1. The van der Waals surface area contributed by atoms with Crippen LogP contribution in [0.15, 0.2) is 34.1 Å². The van der Waals surface area contributed by atoms with Gasteiger partial charge in [0.25, 0.3) is 0 Å². The van der Waals surface area contributed by atoms with Crippen LogP contribution < -0.4 is 5.43 Å². The van der Waals surface area contributed by atoms with Gasteiger partial charge in [0.05, 0.1) is 41.4 Å². The zero-order valence-corrected chi connectivity index (χ0v) is 15.6. The Morgan fingerprint density at radius 2 is 2.14 bits per heavy atom. The van der Waals surface area contributed by atoms with E-state index in [9.17, 15) is 14.7 Å². The first-order chi connectivity index (χ1) is 13.5. The fraction of sp³-hybridized carbons (Fsp3) is 0.400. The Morgan fingerprint density at radius 1 is 1.36 bits per heavy atom. The topological polar surface area (TPSA) is 103 Å². The monoisotopic (exact) mass is 380 g/mol. The molecule has 3 aromatic heterocycles. The van der Waals surface area contributed by atoms with Gasteiger partial charge < -0.3 is 14.1 Å². The molecule has 3 aromatic rings. The average molecular weight is 380 g/mol. The van der Waals surface area contributed by atoms with Gasteiger partial charge in [0.15, 0.2) is 17.6 Å². The van der Waals surface area contributed by atoms with Crippen LogP contribution in [0.5, 0.6) is 0 Å². The number of oxazole rings is 1. The molecule has 4 heterocycles. The molecule has 0 spiro atoms. The Balaban J connectivity index is 1.82. The molecule has 1 saturated carbocycles. The lowest BCUT2D eigenvalue weighted by atomic mass is 9.97. The lowest BCUT2D eigenvalue weighted by molar-refractivity contribution is 0.0694. The summed E-state index contributed by atoms with van der Waals surface area (Å²) >= 11 is 0. The molecule has 8 heteroatoms. The zero-order valence-electron chi connectivity index (χ0n) is 15.6. The molecule has 1 aliphatic heterocycles. The molecule has 0 unspecified atom stereocenters. The van der Waals surface area contributed by atoms with Crippen molar-refractivity contribution in [2.24, 2.45) is 5.92 Å². The highest BCUT2D eigenvalue weighted by Crippen LogP contribution is 2.48. The average Bonchev–Trinajstić information content (AvgIpc) is 3.21. The highest BCUT2D eigenvalue weighted by Gasteiger charge is 2.38. The fourth-order valence-electron chi connectivity index (χ4n) is 4.07. The molecule has 1 atom stereocenters. The van der Waals surface area contributed by atoms with Crippen LogP contribution in [0.1, 0.15) is 54.7 Å². The van der Waals surface area contributed by atoms with Gasteiger partial charge in [-0.2, -0.15) is 5.10 Å². The predicted molar refractivity (Wildman–Crippen MR) is 100 cm³/mol. The molecule has 1 fully saturated rings. The molecule has 28 heavy (non-hydrogen) atoms. The van der Waals surface area contributed by atoms with E-state index in [1.165, 1.54) is 18.7 Å². The molecule has 0 bridgehead atoms. The summed E-state index contributed by atoms with van der Waals surface area (Å²) in [5, 5.41) is 14.3. The summed E-state index contributed by atoms with van der Waals surface area (Å²) in [5.41, 5.74) is 2.57. The fourth-order valence-corrected chi connectivity index (χ4v) is 4.07. The smallest absolute Gasteiger partial charge is 0.341 e. The van der Waals surface area contributed by atoms with E-state index < -0.39 is 11.4 Å². The van der Waals surface area contributed by atoms with Gasteiger partial charge in [0, 0.05) is 18.2 Å². The van der Waals surface area contributed by atoms with Crippen LogP contribution in [0.2, 0.25) is 0 Å². The van der Waals surface area contributed by atoms with E-state index in [-0.39, 0.29) is 17.5 Å². The van der Waals surface area contributed by atoms with Crippen molar-refractivity contribution in [2.45, 2.75) is 45.2 Å². The van der Waals surface area contributed by atoms with Gasteiger partial charge in [-0.3, -0.25) is 9.48 Å². The summed E-state index contributed by atoms with van der Waals surface area (Å²) in [7, 11) is 0. The molecule has 144 valence electrons. The van der Waals surface area contributed by atoms with Crippen molar-refractivity contribution in [3.8, 4) is 22.7 Å².